The molecule has 8 heteroatoms. The van der Waals surface area contributed by atoms with E-state index >= 15 is 0 Å². The average molecular weight is 472 g/mol. The summed E-state index contributed by atoms with van der Waals surface area (Å²) in [5.41, 5.74) is 1.39. The zero-order valence-electron chi connectivity index (χ0n) is 18.4. The Labute approximate surface area is 197 Å². The molecule has 1 saturated heterocycles. The molecular weight excluding hydrogens is 446 g/mol. The summed E-state index contributed by atoms with van der Waals surface area (Å²) in [6, 6.07) is 13.5. The summed E-state index contributed by atoms with van der Waals surface area (Å²) in [6.07, 6.45) is 1.74. The number of rotatable bonds is 8. The maximum Gasteiger partial charge on any atom is 0.333 e. The highest BCUT2D eigenvalue weighted by Gasteiger charge is 2.41. The molecule has 1 fully saturated rings. The SMILES string of the molecule is CCOc1cc(/C=C2\SC(=S)N(C(C(=O)OC)c3ccccc3)C2=O)ccc1OC(C)C. The van der Waals surface area contributed by atoms with E-state index in [4.69, 9.17) is 26.4 Å². The summed E-state index contributed by atoms with van der Waals surface area (Å²) < 4.78 is 16.8. The second-order valence-corrected chi connectivity index (χ2v) is 8.87. The Morgan fingerprint density at radius 3 is 2.50 bits per heavy atom. The van der Waals surface area contributed by atoms with Gasteiger partial charge in [-0.2, -0.15) is 0 Å². The van der Waals surface area contributed by atoms with Crippen molar-refractivity contribution in [1.82, 2.24) is 4.90 Å². The molecule has 0 spiro atoms. The van der Waals surface area contributed by atoms with Gasteiger partial charge >= 0.3 is 5.97 Å². The lowest BCUT2D eigenvalue weighted by molar-refractivity contribution is -0.148. The van der Waals surface area contributed by atoms with Crippen LogP contribution < -0.4 is 9.47 Å². The Hall–Kier alpha value is -2.84. The molecule has 1 aliphatic rings. The first-order valence-corrected chi connectivity index (χ1v) is 11.4. The Morgan fingerprint density at radius 2 is 1.88 bits per heavy atom. The highest BCUT2D eigenvalue weighted by atomic mass is 32.2. The monoisotopic (exact) mass is 471 g/mol. The summed E-state index contributed by atoms with van der Waals surface area (Å²) in [6.45, 7) is 6.27. The lowest BCUT2D eigenvalue weighted by atomic mass is 10.1. The van der Waals surface area contributed by atoms with Crippen molar-refractivity contribution in [3.05, 3.63) is 64.6 Å². The van der Waals surface area contributed by atoms with Crippen molar-refractivity contribution in [3.63, 3.8) is 0 Å². The number of nitrogens with zero attached hydrogens (tertiary/aromatic N) is 1. The number of carbonyl (C=O) groups excluding carboxylic acids is 2. The Balaban J connectivity index is 1.94. The van der Waals surface area contributed by atoms with Gasteiger partial charge in [0.25, 0.3) is 5.91 Å². The number of carbonyl (C=O) groups is 2. The molecule has 1 heterocycles. The maximum absolute atomic E-state index is 13.3. The number of thiocarbonyl (C=S) groups is 1. The summed E-state index contributed by atoms with van der Waals surface area (Å²) >= 11 is 6.62. The minimum atomic E-state index is -0.944. The van der Waals surface area contributed by atoms with Crippen molar-refractivity contribution in [2.24, 2.45) is 0 Å². The topological polar surface area (TPSA) is 65.1 Å². The smallest absolute Gasteiger partial charge is 0.333 e. The van der Waals surface area contributed by atoms with Gasteiger partial charge in [0.15, 0.2) is 17.5 Å². The van der Waals surface area contributed by atoms with Gasteiger partial charge in [-0.1, -0.05) is 60.4 Å². The van der Waals surface area contributed by atoms with Gasteiger partial charge in [0, 0.05) is 0 Å². The molecule has 0 aromatic heterocycles. The van der Waals surface area contributed by atoms with Crippen LogP contribution in [0.4, 0.5) is 0 Å². The highest BCUT2D eigenvalue weighted by molar-refractivity contribution is 8.26. The van der Waals surface area contributed by atoms with Crippen molar-refractivity contribution in [2.45, 2.75) is 32.9 Å². The molecule has 0 radical (unpaired) electrons. The van der Waals surface area contributed by atoms with E-state index in [-0.39, 0.29) is 12.0 Å². The number of ether oxygens (including phenoxy) is 3. The minimum Gasteiger partial charge on any atom is -0.490 e. The summed E-state index contributed by atoms with van der Waals surface area (Å²) in [5.74, 6) is 0.339. The van der Waals surface area contributed by atoms with Crippen LogP contribution in [0.5, 0.6) is 11.5 Å². The van der Waals surface area contributed by atoms with Gasteiger partial charge in [-0.15, -0.1) is 0 Å². The Morgan fingerprint density at radius 1 is 1.16 bits per heavy atom. The van der Waals surface area contributed by atoms with Crippen LogP contribution in [0, 0.1) is 0 Å². The number of esters is 1. The summed E-state index contributed by atoms with van der Waals surface area (Å²) in [5, 5.41) is 0. The first-order valence-electron chi connectivity index (χ1n) is 10.2. The predicted molar refractivity (Wildman–Crippen MR) is 130 cm³/mol. The molecule has 32 heavy (non-hydrogen) atoms. The van der Waals surface area contributed by atoms with Gasteiger partial charge in [0.2, 0.25) is 0 Å². The highest BCUT2D eigenvalue weighted by Crippen LogP contribution is 2.39. The van der Waals surface area contributed by atoms with Crippen molar-refractivity contribution in [2.75, 3.05) is 13.7 Å². The Bertz CT molecular complexity index is 1040. The van der Waals surface area contributed by atoms with E-state index in [1.165, 1.54) is 12.0 Å². The van der Waals surface area contributed by atoms with Crippen LogP contribution in [-0.4, -0.2) is 40.9 Å². The van der Waals surface area contributed by atoms with Gasteiger partial charge in [0.05, 0.1) is 24.7 Å². The molecular formula is C24H25NO5S2. The van der Waals surface area contributed by atoms with E-state index in [2.05, 4.69) is 0 Å². The zero-order valence-corrected chi connectivity index (χ0v) is 20.0. The lowest BCUT2D eigenvalue weighted by Crippen LogP contribution is -2.37. The zero-order chi connectivity index (χ0) is 23.3. The largest absolute Gasteiger partial charge is 0.490 e. The molecule has 2 aromatic rings. The molecule has 0 saturated carbocycles. The third-order valence-electron chi connectivity index (χ3n) is 4.55. The molecule has 6 nitrogen and oxygen atoms in total. The van der Waals surface area contributed by atoms with Crippen molar-refractivity contribution < 1.29 is 23.8 Å². The molecule has 1 unspecified atom stereocenters. The summed E-state index contributed by atoms with van der Waals surface area (Å²) in [7, 11) is 1.29. The molecule has 0 aliphatic carbocycles. The fourth-order valence-corrected chi connectivity index (χ4v) is 4.54. The predicted octanol–water partition coefficient (Wildman–Crippen LogP) is 4.99. The number of methoxy groups -OCH3 is 1. The van der Waals surface area contributed by atoms with Gasteiger partial charge in [-0.05, 0) is 50.1 Å². The molecule has 3 rings (SSSR count). The number of amides is 1. The second kappa shape index (κ2) is 10.7. The fraction of sp³-hybridized carbons (Fsp3) is 0.292. The van der Waals surface area contributed by atoms with Crippen LogP contribution in [0.3, 0.4) is 0 Å². The van der Waals surface area contributed by atoms with Crippen LogP contribution in [-0.2, 0) is 14.3 Å². The lowest BCUT2D eigenvalue weighted by Gasteiger charge is -2.24. The van der Waals surface area contributed by atoms with E-state index < -0.39 is 12.0 Å². The molecule has 1 amide bonds. The normalized spacial score (nSPS) is 15.9. The number of thioether (sulfide) groups is 1. The second-order valence-electron chi connectivity index (χ2n) is 7.19. The van der Waals surface area contributed by atoms with Crippen LogP contribution in [0.15, 0.2) is 53.4 Å². The maximum atomic E-state index is 13.3. The molecule has 1 aliphatic heterocycles. The van der Waals surface area contributed by atoms with E-state index in [1.54, 1.807) is 30.3 Å². The molecule has 1 atom stereocenters. The first-order chi connectivity index (χ1) is 15.3. The van der Waals surface area contributed by atoms with Crippen LogP contribution in [0.1, 0.15) is 37.9 Å². The third-order valence-corrected chi connectivity index (χ3v) is 5.88. The van der Waals surface area contributed by atoms with Gasteiger partial charge in [-0.25, -0.2) is 4.79 Å². The fourth-order valence-electron chi connectivity index (χ4n) is 3.23. The first kappa shape index (κ1) is 23.8. The Kier molecular flexibility index (Phi) is 7.93. The van der Waals surface area contributed by atoms with E-state index in [0.717, 1.165) is 17.3 Å². The number of hydrogen-bond donors (Lipinski definition) is 0. The molecule has 0 N–H and O–H groups in total. The number of benzene rings is 2. The average Bonchev–Trinajstić information content (AvgIpc) is 3.04. The van der Waals surface area contributed by atoms with E-state index in [0.29, 0.717) is 32.9 Å². The number of hydrogen-bond acceptors (Lipinski definition) is 7. The van der Waals surface area contributed by atoms with Crippen LogP contribution in [0.2, 0.25) is 0 Å². The minimum absolute atomic E-state index is 0.00421. The van der Waals surface area contributed by atoms with Gasteiger partial charge < -0.3 is 14.2 Å². The van der Waals surface area contributed by atoms with Crippen molar-refractivity contribution in [1.29, 1.82) is 0 Å². The van der Waals surface area contributed by atoms with E-state index in [9.17, 15) is 9.59 Å². The quantitative estimate of drug-likeness (QED) is 0.305. The van der Waals surface area contributed by atoms with E-state index in [1.807, 2.05) is 45.0 Å². The molecule has 2 aromatic carbocycles. The van der Waals surface area contributed by atoms with Crippen molar-refractivity contribution in [3.8, 4) is 11.5 Å². The van der Waals surface area contributed by atoms with Crippen LogP contribution >= 0.6 is 24.0 Å². The molecule has 168 valence electrons. The summed E-state index contributed by atoms with van der Waals surface area (Å²) in [4.78, 5) is 27.6. The third kappa shape index (κ3) is 5.31. The van der Waals surface area contributed by atoms with Crippen molar-refractivity contribution >= 4 is 46.3 Å². The molecule has 0 bridgehead atoms. The van der Waals surface area contributed by atoms with Crippen LogP contribution in [0.25, 0.3) is 6.08 Å². The standard InChI is InChI=1S/C24H25NO5S2/c1-5-29-19-13-16(11-12-18(19)30-15(2)3)14-20-22(26)25(24(31)32-20)21(23(27)28-4)17-9-7-6-8-10-17/h6-15,21H,5H2,1-4H3/b20-14-. The van der Waals surface area contributed by atoms with Gasteiger partial charge in [-0.3, -0.25) is 9.69 Å². The van der Waals surface area contributed by atoms with Gasteiger partial charge in [0.1, 0.15) is 4.32 Å².